The molecule has 0 fully saturated rings. The van der Waals surface area contributed by atoms with E-state index in [9.17, 15) is 0 Å². The Hall–Kier alpha value is -6.65. The van der Waals surface area contributed by atoms with Crippen molar-refractivity contribution in [2.75, 3.05) is 0 Å². The van der Waals surface area contributed by atoms with Gasteiger partial charge in [-0.2, -0.15) is 0 Å². The fourth-order valence-electron chi connectivity index (χ4n) is 8.01. The third kappa shape index (κ3) is 3.66. The quantitative estimate of drug-likeness (QED) is 0.196. The lowest BCUT2D eigenvalue weighted by Crippen LogP contribution is -1.98. The molecule has 0 N–H and O–H groups in total. The fraction of sp³-hybridized carbons (Fsp3) is 0. The number of furan rings is 1. The van der Waals surface area contributed by atoms with Crippen molar-refractivity contribution in [3.8, 4) is 22.8 Å². The van der Waals surface area contributed by atoms with Crippen LogP contribution in [0.4, 0.5) is 0 Å². The number of hydrogen-bond donors (Lipinski definition) is 0. The Morgan fingerprint density at radius 1 is 0.429 bits per heavy atom. The summed E-state index contributed by atoms with van der Waals surface area (Å²) in [6.45, 7) is 0. The van der Waals surface area contributed by atoms with E-state index in [4.69, 9.17) is 9.40 Å². The van der Waals surface area contributed by atoms with Crippen LogP contribution in [0.3, 0.4) is 0 Å². The first-order valence-corrected chi connectivity index (χ1v) is 16.6. The molecule has 4 heteroatoms. The summed E-state index contributed by atoms with van der Waals surface area (Å²) in [5, 5.41) is 9.55. The number of aromatic nitrogens is 3. The lowest BCUT2D eigenvalue weighted by Gasteiger charge is -2.13. The molecule has 3 aromatic heterocycles. The lowest BCUT2D eigenvalue weighted by atomic mass is 9.98. The lowest BCUT2D eigenvalue weighted by molar-refractivity contribution is 0.671. The standard InChI is InChI=1S/C45H27N3O/c1-2-13-30(14-3-1)47-38-20-10-9-19-37(38)46-45(47)29-22-25-31(26-23-29)48-42-32-15-5-4-12-28(32)24-27-36(42)40-33-16-6-7-17-34(33)41-35-18-8-11-21-39(35)49-44(41)43(40)48/h1-27H. The van der Waals surface area contributed by atoms with Crippen molar-refractivity contribution in [1.82, 2.24) is 14.1 Å². The van der Waals surface area contributed by atoms with Crippen molar-refractivity contribution in [3.63, 3.8) is 0 Å². The van der Waals surface area contributed by atoms with Crippen molar-refractivity contribution in [3.05, 3.63) is 164 Å². The molecule has 0 atom stereocenters. The van der Waals surface area contributed by atoms with E-state index in [0.29, 0.717) is 0 Å². The van der Waals surface area contributed by atoms with Crippen LogP contribution in [0.1, 0.15) is 0 Å². The van der Waals surface area contributed by atoms with Crippen molar-refractivity contribution in [2.24, 2.45) is 0 Å². The predicted molar refractivity (Wildman–Crippen MR) is 203 cm³/mol. The number of imidazole rings is 1. The highest BCUT2D eigenvalue weighted by Gasteiger charge is 2.24. The van der Waals surface area contributed by atoms with Gasteiger partial charge in [0.05, 0.1) is 22.1 Å². The molecule has 0 radical (unpaired) electrons. The minimum absolute atomic E-state index is 0.895. The molecule has 0 aliphatic rings. The highest BCUT2D eigenvalue weighted by atomic mass is 16.3. The zero-order chi connectivity index (χ0) is 32.1. The molecule has 228 valence electrons. The number of hydrogen-bond acceptors (Lipinski definition) is 2. The smallest absolute Gasteiger partial charge is 0.160 e. The molecule has 0 saturated carbocycles. The first-order chi connectivity index (χ1) is 24.3. The van der Waals surface area contributed by atoms with Crippen LogP contribution in [0, 0.1) is 0 Å². The Morgan fingerprint density at radius 2 is 1.08 bits per heavy atom. The molecule has 3 heterocycles. The summed E-state index contributed by atoms with van der Waals surface area (Å²) in [5.74, 6) is 0.914. The molecule has 0 aliphatic carbocycles. The monoisotopic (exact) mass is 625 g/mol. The molecule has 0 spiro atoms. The maximum atomic E-state index is 6.83. The average Bonchev–Trinajstić information content (AvgIpc) is 3.86. The molecule has 8 aromatic carbocycles. The van der Waals surface area contributed by atoms with E-state index >= 15 is 0 Å². The molecule has 11 aromatic rings. The second-order valence-corrected chi connectivity index (χ2v) is 12.7. The molecule has 0 saturated heterocycles. The van der Waals surface area contributed by atoms with Gasteiger partial charge in [-0.1, -0.05) is 109 Å². The SMILES string of the molecule is c1ccc(-n2c(-c3ccc(-n4c5c6ccccc6ccc5c5c6ccccc6c6c7ccccc7oc6c54)cc3)nc3ccccc32)cc1. The van der Waals surface area contributed by atoms with Crippen molar-refractivity contribution < 1.29 is 4.42 Å². The van der Waals surface area contributed by atoms with E-state index in [1.54, 1.807) is 0 Å². The van der Waals surface area contributed by atoms with Crippen LogP contribution in [0.15, 0.2) is 168 Å². The maximum Gasteiger partial charge on any atom is 0.160 e. The number of benzene rings is 8. The molecule has 4 nitrogen and oxygen atoms in total. The van der Waals surface area contributed by atoms with E-state index in [1.165, 1.54) is 37.8 Å². The first kappa shape index (κ1) is 26.4. The predicted octanol–water partition coefficient (Wildman–Crippen LogP) is 12.0. The molecule has 0 amide bonds. The van der Waals surface area contributed by atoms with Gasteiger partial charge in [0, 0.05) is 43.9 Å². The summed E-state index contributed by atoms with van der Waals surface area (Å²) in [6, 6.07) is 58.1. The summed E-state index contributed by atoms with van der Waals surface area (Å²) >= 11 is 0. The van der Waals surface area contributed by atoms with Crippen LogP contribution in [-0.4, -0.2) is 14.1 Å². The number of nitrogens with zero attached hydrogens (tertiary/aromatic N) is 3. The maximum absolute atomic E-state index is 6.83. The van der Waals surface area contributed by atoms with Gasteiger partial charge in [-0.15, -0.1) is 0 Å². The highest BCUT2D eigenvalue weighted by molar-refractivity contribution is 6.36. The van der Waals surface area contributed by atoms with E-state index in [-0.39, 0.29) is 0 Å². The van der Waals surface area contributed by atoms with Crippen molar-refractivity contribution in [1.29, 1.82) is 0 Å². The van der Waals surface area contributed by atoms with Gasteiger partial charge in [-0.05, 0) is 70.8 Å². The van der Waals surface area contributed by atoms with Gasteiger partial charge in [0.25, 0.3) is 0 Å². The minimum Gasteiger partial charge on any atom is -0.454 e. The van der Waals surface area contributed by atoms with Gasteiger partial charge in [-0.25, -0.2) is 4.98 Å². The summed E-state index contributed by atoms with van der Waals surface area (Å²) < 4.78 is 11.5. The van der Waals surface area contributed by atoms with Crippen LogP contribution >= 0.6 is 0 Å². The third-order valence-corrected chi connectivity index (χ3v) is 10.1. The minimum atomic E-state index is 0.895. The van der Waals surface area contributed by atoms with Crippen LogP contribution < -0.4 is 0 Å². The number of para-hydroxylation sites is 4. The number of fused-ring (bicyclic) bond motifs is 13. The normalized spacial score (nSPS) is 12.1. The Morgan fingerprint density at radius 3 is 1.92 bits per heavy atom. The van der Waals surface area contributed by atoms with Crippen LogP contribution in [0.5, 0.6) is 0 Å². The summed E-state index contributed by atoms with van der Waals surface area (Å²) in [7, 11) is 0. The Kier molecular flexibility index (Phi) is 5.35. The molecule has 11 rings (SSSR count). The Labute approximate surface area is 280 Å². The topological polar surface area (TPSA) is 35.9 Å². The van der Waals surface area contributed by atoms with E-state index in [0.717, 1.165) is 61.3 Å². The van der Waals surface area contributed by atoms with Crippen molar-refractivity contribution >= 4 is 76.3 Å². The van der Waals surface area contributed by atoms with E-state index in [1.807, 2.05) is 6.07 Å². The Balaban J connectivity index is 1.26. The molecule has 0 unspecified atom stereocenters. The van der Waals surface area contributed by atoms with Crippen LogP contribution in [0.25, 0.3) is 99.1 Å². The second kappa shape index (κ2) is 9.93. The third-order valence-electron chi connectivity index (χ3n) is 10.1. The van der Waals surface area contributed by atoms with Crippen LogP contribution in [0.2, 0.25) is 0 Å². The van der Waals surface area contributed by atoms with Gasteiger partial charge in [-0.3, -0.25) is 4.57 Å². The number of rotatable bonds is 3. The zero-order valence-electron chi connectivity index (χ0n) is 26.3. The fourth-order valence-corrected chi connectivity index (χ4v) is 8.01. The zero-order valence-corrected chi connectivity index (χ0v) is 26.3. The summed E-state index contributed by atoms with van der Waals surface area (Å²) in [6.07, 6.45) is 0. The molecule has 0 bridgehead atoms. The highest BCUT2D eigenvalue weighted by Crippen LogP contribution is 2.47. The second-order valence-electron chi connectivity index (χ2n) is 12.7. The average molecular weight is 626 g/mol. The summed E-state index contributed by atoms with van der Waals surface area (Å²) in [5.41, 5.74) is 9.32. The molecular formula is C45H27N3O. The molecular weight excluding hydrogens is 599 g/mol. The largest absolute Gasteiger partial charge is 0.454 e. The summed E-state index contributed by atoms with van der Waals surface area (Å²) in [4.78, 5) is 5.13. The van der Waals surface area contributed by atoms with Gasteiger partial charge >= 0.3 is 0 Å². The van der Waals surface area contributed by atoms with Crippen molar-refractivity contribution in [2.45, 2.75) is 0 Å². The van der Waals surface area contributed by atoms with E-state index < -0.39 is 0 Å². The first-order valence-electron chi connectivity index (χ1n) is 16.6. The van der Waals surface area contributed by atoms with Gasteiger partial charge < -0.3 is 8.98 Å². The van der Waals surface area contributed by atoms with Gasteiger partial charge in [0.2, 0.25) is 0 Å². The van der Waals surface area contributed by atoms with Crippen LogP contribution in [-0.2, 0) is 0 Å². The Bertz CT molecular complexity index is 3090. The van der Waals surface area contributed by atoms with E-state index in [2.05, 4.69) is 167 Å². The molecule has 0 aliphatic heterocycles. The van der Waals surface area contributed by atoms with Gasteiger partial charge in [0.1, 0.15) is 11.4 Å². The van der Waals surface area contributed by atoms with Gasteiger partial charge in [0.15, 0.2) is 5.58 Å². The molecule has 49 heavy (non-hydrogen) atoms.